The molecule has 3 nitrogen and oxygen atoms in total. The minimum Gasteiger partial charge on any atom is -0.384 e. The molecule has 1 N–H and O–H groups in total. The lowest BCUT2D eigenvalue weighted by atomic mass is 10.0. The summed E-state index contributed by atoms with van der Waals surface area (Å²) in [5.74, 6) is 0.434. The number of thiazole rings is 1. The number of nitrogens with one attached hydrogen (secondary N) is 1. The largest absolute Gasteiger partial charge is 0.384 e. The fourth-order valence-electron chi connectivity index (χ4n) is 1.59. The van der Waals surface area contributed by atoms with Gasteiger partial charge in [-0.2, -0.15) is 0 Å². The molecule has 4 heteroatoms. The highest BCUT2D eigenvalue weighted by atomic mass is 32.1. The van der Waals surface area contributed by atoms with E-state index in [1.54, 1.807) is 18.4 Å². The first-order valence-corrected chi connectivity index (χ1v) is 6.17. The molecule has 0 bridgehead atoms. The number of nitrogens with zero attached hydrogens (tertiary/aromatic N) is 1. The van der Waals surface area contributed by atoms with Crippen LogP contribution in [-0.2, 0) is 4.74 Å². The van der Waals surface area contributed by atoms with Crippen molar-refractivity contribution in [3.05, 3.63) is 16.6 Å². The number of aromatic nitrogens is 1. The van der Waals surface area contributed by atoms with Gasteiger partial charge in [-0.1, -0.05) is 20.8 Å². The third kappa shape index (κ3) is 3.89. The Kier molecular flexibility index (Phi) is 5.22. The van der Waals surface area contributed by atoms with Gasteiger partial charge in [0.05, 0.1) is 12.6 Å². The van der Waals surface area contributed by atoms with E-state index in [1.165, 1.54) is 0 Å². The van der Waals surface area contributed by atoms with Crippen LogP contribution in [0, 0.1) is 5.92 Å². The number of methoxy groups -OCH3 is 1. The van der Waals surface area contributed by atoms with Crippen molar-refractivity contribution in [2.45, 2.75) is 32.9 Å². The minimum atomic E-state index is 0.296. The summed E-state index contributed by atoms with van der Waals surface area (Å²) >= 11 is 1.70. The van der Waals surface area contributed by atoms with Crippen molar-refractivity contribution in [2.24, 2.45) is 5.92 Å². The molecule has 0 saturated carbocycles. The Balaban J connectivity index is 2.69. The predicted molar refractivity (Wildman–Crippen MR) is 64.2 cm³/mol. The van der Waals surface area contributed by atoms with Crippen molar-refractivity contribution >= 4 is 11.3 Å². The molecule has 86 valence electrons. The van der Waals surface area contributed by atoms with Crippen LogP contribution >= 0.6 is 11.3 Å². The van der Waals surface area contributed by atoms with Crippen molar-refractivity contribution in [3.8, 4) is 0 Å². The van der Waals surface area contributed by atoms with Crippen LogP contribution in [0.25, 0.3) is 0 Å². The number of hydrogen-bond donors (Lipinski definition) is 1. The van der Waals surface area contributed by atoms with E-state index in [-0.39, 0.29) is 0 Å². The third-order valence-electron chi connectivity index (χ3n) is 2.23. The summed E-state index contributed by atoms with van der Waals surface area (Å²) in [4.78, 5) is 4.37. The zero-order chi connectivity index (χ0) is 11.3. The molecule has 2 unspecified atom stereocenters. The lowest BCUT2D eigenvalue weighted by molar-refractivity contribution is 0.137. The molecule has 2 atom stereocenters. The summed E-state index contributed by atoms with van der Waals surface area (Å²) in [7, 11) is 1.74. The van der Waals surface area contributed by atoms with Crippen molar-refractivity contribution in [1.29, 1.82) is 0 Å². The van der Waals surface area contributed by atoms with Crippen LogP contribution in [0.3, 0.4) is 0 Å². The van der Waals surface area contributed by atoms with Crippen molar-refractivity contribution in [1.82, 2.24) is 10.3 Å². The van der Waals surface area contributed by atoms with Gasteiger partial charge in [0.15, 0.2) is 0 Å². The Morgan fingerprint density at radius 2 is 2.20 bits per heavy atom. The van der Waals surface area contributed by atoms with E-state index < -0.39 is 0 Å². The molecule has 0 fully saturated rings. The van der Waals surface area contributed by atoms with E-state index in [4.69, 9.17) is 4.74 Å². The highest BCUT2D eigenvalue weighted by Gasteiger charge is 2.21. The van der Waals surface area contributed by atoms with Gasteiger partial charge in [-0.05, 0) is 0 Å². The maximum Gasteiger partial charge on any atom is 0.110 e. The van der Waals surface area contributed by atoms with Crippen LogP contribution < -0.4 is 5.32 Å². The average molecular weight is 228 g/mol. The molecule has 0 aliphatic rings. The Morgan fingerprint density at radius 1 is 1.47 bits per heavy atom. The molecule has 0 saturated heterocycles. The zero-order valence-electron chi connectivity index (χ0n) is 9.86. The monoisotopic (exact) mass is 228 g/mol. The molecule has 0 spiro atoms. The van der Waals surface area contributed by atoms with Crippen LogP contribution in [0.2, 0.25) is 0 Å². The normalized spacial score (nSPS) is 15.5. The molecule has 1 aromatic heterocycles. The van der Waals surface area contributed by atoms with Crippen LogP contribution in [-0.4, -0.2) is 24.7 Å². The molecule has 0 aliphatic heterocycles. The van der Waals surface area contributed by atoms with Crippen LogP contribution in [0.4, 0.5) is 0 Å². The minimum absolute atomic E-state index is 0.296. The Morgan fingerprint density at radius 3 is 2.67 bits per heavy atom. The van der Waals surface area contributed by atoms with E-state index >= 15 is 0 Å². The first-order chi connectivity index (χ1) is 7.15. The van der Waals surface area contributed by atoms with Gasteiger partial charge in [-0.3, -0.25) is 0 Å². The number of ether oxygens (including phenoxy) is 1. The summed E-state index contributed by atoms with van der Waals surface area (Å²) in [6, 6.07) is 0.753. The molecule has 15 heavy (non-hydrogen) atoms. The van der Waals surface area contributed by atoms with Crippen molar-refractivity contribution in [3.63, 3.8) is 0 Å². The first-order valence-electron chi connectivity index (χ1n) is 5.29. The predicted octanol–water partition coefficient (Wildman–Crippen LogP) is 2.46. The molecular formula is C11H20N2OS. The Labute approximate surface area is 95.9 Å². The third-order valence-corrected chi connectivity index (χ3v) is 3.09. The lowest BCUT2D eigenvalue weighted by Crippen LogP contribution is -2.33. The van der Waals surface area contributed by atoms with Gasteiger partial charge in [-0.25, -0.2) is 4.98 Å². The number of rotatable bonds is 6. The summed E-state index contributed by atoms with van der Waals surface area (Å²) < 4.78 is 5.20. The van der Waals surface area contributed by atoms with Crippen molar-refractivity contribution in [2.75, 3.05) is 13.7 Å². The SMILES string of the molecule is COCC(C)C(NC(C)C)c1nccs1. The van der Waals surface area contributed by atoms with E-state index in [0.717, 1.165) is 11.6 Å². The molecule has 1 heterocycles. The first kappa shape index (κ1) is 12.6. The number of hydrogen-bond acceptors (Lipinski definition) is 4. The van der Waals surface area contributed by atoms with Crippen LogP contribution in [0.1, 0.15) is 31.8 Å². The van der Waals surface area contributed by atoms with E-state index in [9.17, 15) is 0 Å². The molecular weight excluding hydrogens is 208 g/mol. The second kappa shape index (κ2) is 6.20. The molecule has 1 aromatic rings. The van der Waals surface area contributed by atoms with Gasteiger partial charge in [-0.15, -0.1) is 11.3 Å². The van der Waals surface area contributed by atoms with Crippen LogP contribution in [0.5, 0.6) is 0 Å². The van der Waals surface area contributed by atoms with Crippen LogP contribution in [0.15, 0.2) is 11.6 Å². The van der Waals surface area contributed by atoms with Gasteiger partial charge >= 0.3 is 0 Å². The molecule has 0 aliphatic carbocycles. The fraction of sp³-hybridized carbons (Fsp3) is 0.727. The fourth-order valence-corrected chi connectivity index (χ4v) is 2.42. The highest BCUT2D eigenvalue weighted by molar-refractivity contribution is 7.09. The quantitative estimate of drug-likeness (QED) is 0.812. The summed E-state index contributed by atoms with van der Waals surface area (Å²) in [5.41, 5.74) is 0. The topological polar surface area (TPSA) is 34.1 Å². The van der Waals surface area contributed by atoms with Gasteiger partial charge in [0.25, 0.3) is 0 Å². The van der Waals surface area contributed by atoms with Gasteiger partial charge in [0, 0.05) is 30.6 Å². The maximum absolute atomic E-state index is 5.20. The lowest BCUT2D eigenvalue weighted by Gasteiger charge is -2.25. The standard InChI is InChI=1S/C11H20N2OS/c1-8(2)13-10(9(3)7-14-4)11-12-5-6-15-11/h5-6,8-10,13H,7H2,1-4H3. The van der Waals surface area contributed by atoms with E-state index in [2.05, 4.69) is 31.1 Å². The highest BCUT2D eigenvalue weighted by Crippen LogP contribution is 2.24. The Hall–Kier alpha value is -0.450. The molecule has 0 amide bonds. The average Bonchev–Trinajstić information content (AvgIpc) is 2.66. The van der Waals surface area contributed by atoms with Gasteiger partial charge in [0.1, 0.15) is 5.01 Å². The smallest absolute Gasteiger partial charge is 0.110 e. The summed E-state index contributed by atoms with van der Waals surface area (Å²) in [6.07, 6.45) is 1.86. The van der Waals surface area contributed by atoms with Crippen molar-refractivity contribution < 1.29 is 4.74 Å². The van der Waals surface area contributed by atoms with Gasteiger partial charge in [0.2, 0.25) is 0 Å². The molecule has 1 rings (SSSR count). The second-order valence-corrected chi connectivity index (χ2v) is 5.03. The molecule has 0 radical (unpaired) electrons. The molecule has 0 aromatic carbocycles. The van der Waals surface area contributed by atoms with Gasteiger partial charge < -0.3 is 10.1 Å². The maximum atomic E-state index is 5.20. The zero-order valence-corrected chi connectivity index (χ0v) is 10.7. The Bertz CT molecular complexity index is 262. The van der Waals surface area contributed by atoms with E-state index in [0.29, 0.717) is 18.0 Å². The van der Waals surface area contributed by atoms with E-state index in [1.807, 2.05) is 11.6 Å². The summed E-state index contributed by atoms with van der Waals surface area (Å²) in [6.45, 7) is 7.25. The second-order valence-electron chi connectivity index (χ2n) is 4.10. The summed E-state index contributed by atoms with van der Waals surface area (Å²) in [5, 5.41) is 6.70.